The summed E-state index contributed by atoms with van der Waals surface area (Å²) in [6.07, 6.45) is -0.237. The van der Waals surface area contributed by atoms with E-state index < -0.39 is 21.1 Å². The Balaban J connectivity index is 3.19. The highest BCUT2D eigenvalue weighted by atomic mass is 32.2. The summed E-state index contributed by atoms with van der Waals surface area (Å²) >= 11 is 0. The van der Waals surface area contributed by atoms with Gasteiger partial charge in [0.15, 0.2) is 9.84 Å². The lowest BCUT2D eigenvalue weighted by molar-refractivity contribution is -0.146. The number of carbonyl (C=O) groups excluding carboxylic acids is 1. The summed E-state index contributed by atoms with van der Waals surface area (Å²) in [4.78, 5) is 12.0. The molecule has 0 saturated carbocycles. The topological polar surface area (TPSA) is 60.4 Å². The van der Waals surface area contributed by atoms with Crippen LogP contribution in [0.5, 0.6) is 0 Å². The van der Waals surface area contributed by atoms with E-state index in [0.717, 1.165) is 5.56 Å². The predicted molar refractivity (Wildman–Crippen MR) is 78.4 cm³/mol. The average Bonchev–Trinajstić information content (AvgIpc) is 2.26. The molecule has 0 aliphatic carbocycles. The lowest BCUT2D eigenvalue weighted by atomic mass is 10.1. The van der Waals surface area contributed by atoms with Crippen molar-refractivity contribution in [2.45, 2.75) is 57.3 Å². The van der Waals surface area contributed by atoms with Gasteiger partial charge < -0.3 is 4.74 Å². The van der Waals surface area contributed by atoms with Crippen molar-refractivity contribution in [1.82, 2.24) is 0 Å². The van der Waals surface area contributed by atoms with Crippen LogP contribution in [-0.4, -0.2) is 25.7 Å². The van der Waals surface area contributed by atoms with Crippen LogP contribution in [0.1, 0.15) is 38.8 Å². The van der Waals surface area contributed by atoms with Crippen LogP contribution in [-0.2, 0) is 25.8 Å². The van der Waals surface area contributed by atoms with Gasteiger partial charge in [-0.25, -0.2) is 8.42 Å². The van der Waals surface area contributed by atoms with Gasteiger partial charge in [-0.15, -0.1) is 0 Å². The maximum atomic E-state index is 12.3. The summed E-state index contributed by atoms with van der Waals surface area (Å²) in [6.45, 7) is 8.65. The van der Waals surface area contributed by atoms with Crippen molar-refractivity contribution >= 4 is 15.8 Å². The van der Waals surface area contributed by atoms with Gasteiger partial charge in [0.25, 0.3) is 0 Å². The third kappa shape index (κ3) is 4.07. The Labute approximate surface area is 121 Å². The van der Waals surface area contributed by atoms with Gasteiger partial charge in [0.1, 0.15) is 0 Å². The molecular formula is C15H22O4S. The zero-order valence-electron chi connectivity index (χ0n) is 12.6. The van der Waals surface area contributed by atoms with Gasteiger partial charge in [-0.2, -0.15) is 0 Å². The van der Waals surface area contributed by atoms with E-state index >= 15 is 0 Å². The first-order valence-corrected chi connectivity index (χ1v) is 8.22. The summed E-state index contributed by atoms with van der Waals surface area (Å²) in [5.74, 6) is -0.411. The number of aryl methyl sites for hydroxylation is 1. The van der Waals surface area contributed by atoms with E-state index in [-0.39, 0.29) is 17.4 Å². The molecule has 0 heterocycles. The van der Waals surface area contributed by atoms with Gasteiger partial charge in [0.2, 0.25) is 0 Å². The Morgan fingerprint density at radius 1 is 1.20 bits per heavy atom. The third-order valence-electron chi connectivity index (χ3n) is 2.85. The van der Waals surface area contributed by atoms with Crippen molar-refractivity contribution in [3.8, 4) is 0 Å². The number of esters is 1. The molecule has 0 amide bonds. The monoisotopic (exact) mass is 298 g/mol. The summed E-state index contributed by atoms with van der Waals surface area (Å²) in [5.41, 5.74) is 1.42. The van der Waals surface area contributed by atoms with Crippen LogP contribution in [0.4, 0.5) is 0 Å². The number of sulfone groups is 1. The predicted octanol–water partition coefficient (Wildman–Crippen LogP) is 2.67. The van der Waals surface area contributed by atoms with Crippen LogP contribution in [0.2, 0.25) is 0 Å². The van der Waals surface area contributed by atoms with Gasteiger partial charge in [-0.3, -0.25) is 4.79 Å². The Bertz CT molecular complexity index is 586. The fourth-order valence-corrected chi connectivity index (χ4v) is 3.10. The van der Waals surface area contributed by atoms with Crippen molar-refractivity contribution in [2.24, 2.45) is 0 Å². The molecule has 0 atom stereocenters. The second kappa shape index (κ2) is 6.39. The number of benzene rings is 1. The molecule has 20 heavy (non-hydrogen) atoms. The molecule has 1 aromatic rings. The van der Waals surface area contributed by atoms with Gasteiger partial charge in [0, 0.05) is 0 Å². The standard InChI is InChI=1S/C15H22O4S/c1-10(2)19-15(16)9-13-8-12(5)6-7-14(13)20(17,18)11(3)4/h6-8,10-11H,9H2,1-5H3. The van der Waals surface area contributed by atoms with Crippen LogP contribution in [0.3, 0.4) is 0 Å². The number of carbonyl (C=O) groups is 1. The molecule has 4 nitrogen and oxygen atoms in total. The normalized spacial score (nSPS) is 11.9. The van der Waals surface area contributed by atoms with Gasteiger partial charge in [0.05, 0.1) is 22.7 Å². The van der Waals surface area contributed by atoms with Crippen LogP contribution in [0.25, 0.3) is 0 Å². The summed E-state index contributed by atoms with van der Waals surface area (Å²) < 4.78 is 29.7. The molecular weight excluding hydrogens is 276 g/mol. The number of ether oxygens (including phenoxy) is 1. The summed E-state index contributed by atoms with van der Waals surface area (Å²) in [7, 11) is -3.41. The van der Waals surface area contributed by atoms with Gasteiger partial charge in [-0.1, -0.05) is 17.7 Å². The molecule has 112 valence electrons. The molecule has 0 bridgehead atoms. The molecule has 5 heteroatoms. The number of rotatable bonds is 5. The number of hydrogen-bond acceptors (Lipinski definition) is 4. The minimum absolute atomic E-state index is 0.0266. The first kappa shape index (κ1) is 16.7. The second-order valence-corrected chi connectivity index (χ2v) is 7.89. The summed E-state index contributed by atoms with van der Waals surface area (Å²) in [6, 6.07) is 5.05. The molecule has 0 saturated heterocycles. The molecule has 0 aromatic heterocycles. The smallest absolute Gasteiger partial charge is 0.310 e. The lowest BCUT2D eigenvalue weighted by Gasteiger charge is -2.14. The zero-order chi connectivity index (χ0) is 15.5. The molecule has 1 aromatic carbocycles. The van der Waals surface area contributed by atoms with Crippen molar-refractivity contribution in [1.29, 1.82) is 0 Å². The number of hydrogen-bond donors (Lipinski definition) is 0. The lowest BCUT2D eigenvalue weighted by Crippen LogP contribution is -2.19. The van der Waals surface area contributed by atoms with E-state index in [0.29, 0.717) is 5.56 Å². The van der Waals surface area contributed by atoms with Crippen LogP contribution < -0.4 is 0 Å². The SMILES string of the molecule is Cc1ccc(S(=O)(=O)C(C)C)c(CC(=O)OC(C)C)c1. The highest BCUT2D eigenvalue weighted by Gasteiger charge is 2.24. The molecule has 0 spiro atoms. The first-order chi connectivity index (χ1) is 9.14. The molecule has 0 N–H and O–H groups in total. The van der Waals surface area contributed by atoms with Gasteiger partial charge in [-0.05, 0) is 46.2 Å². The Kier molecular flexibility index (Phi) is 5.34. The van der Waals surface area contributed by atoms with Crippen LogP contribution in [0.15, 0.2) is 23.1 Å². The van der Waals surface area contributed by atoms with E-state index in [9.17, 15) is 13.2 Å². The van der Waals surface area contributed by atoms with Gasteiger partial charge >= 0.3 is 5.97 Å². The minimum atomic E-state index is -3.41. The van der Waals surface area contributed by atoms with E-state index in [4.69, 9.17) is 4.74 Å². The first-order valence-electron chi connectivity index (χ1n) is 6.67. The molecule has 0 unspecified atom stereocenters. The molecule has 0 aliphatic rings. The maximum absolute atomic E-state index is 12.3. The Hall–Kier alpha value is -1.36. The Morgan fingerprint density at radius 3 is 2.30 bits per heavy atom. The van der Waals surface area contributed by atoms with E-state index in [1.165, 1.54) is 0 Å². The highest BCUT2D eigenvalue weighted by molar-refractivity contribution is 7.92. The Morgan fingerprint density at radius 2 is 1.80 bits per heavy atom. The molecule has 0 fully saturated rings. The molecule has 1 rings (SSSR count). The van der Waals surface area contributed by atoms with Crippen molar-refractivity contribution in [3.05, 3.63) is 29.3 Å². The van der Waals surface area contributed by atoms with Crippen LogP contribution >= 0.6 is 0 Å². The van der Waals surface area contributed by atoms with Crippen molar-refractivity contribution < 1.29 is 17.9 Å². The molecule has 0 aliphatic heterocycles. The highest BCUT2D eigenvalue weighted by Crippen LogP contribution is 2.22. The van der Waals surface area contributed by atoms with Crippen LogP contribution in [0, 0.1) is 6.92 Å². The summed E-state index contributed by atoms with van der Waals surface area (Å²) in [5, 5.41) is -0.523. The fraction of sp³-hybridized carbons (Fsp3) is 0.533. The zero-order valence-corrected chi connectivity index (χ0v) is 13.5. The van der Waals surface area contributed by atoms with Crippen molar-refractivity contribution in [3.63, 3.8) is 0 Å². The van der Waals surface area contributed by atoms with Crippen molar-refractivity contribution in [2.75, 3.05) is 0 Å². The van der Waals surface area contributed by atoms with E-state index in [1.807, 2.05) is 6.92 Å². The third-order valence-corrected chi connectivity index (χ3v) is 5.10. The van der Waals surface area contributed by atoms with E-state index in [1.54, 1.807) is 45.9 Å². The molecule has 0 radical (unpaired) electrons. The largest absolute Gasteiger partial charge is 0.463 e. The van der Waals surface area contributed by atoms with E-state index in [2.05, 4.69) is 0 Å². The second-order valence-electron chi connectivity index (χ2n) is 5.42. The minimum Gasteiger partial charge on any atom is -0.463 e. The quantitative estimate of drug-likeness (QED) is 0.784. The maximum Gasteiger partial charge on any atom is 0.310 e. The fourth-order valence-electron chi connectivity index (χ4n) is 1.84. The average molecular weight is 298 g/mol.